The van der Waals surface area contributed by atoms with Gasteiger partial charge in [0.2, 0.25) is 11.7 Å². The Morgan fingerprint density at radius 1 is 0.812 bits per heavy atom. The number of hydrogen-bond donors (Lipinski definition) is 3. The number of carbonyl (C=O) groups excluding carboxylic acids is 1. The standard InChI is InChI=1S/C46H63N7O11/c1-7-37-42(46(2,3)4)53(19-18-52(37)45(55)56)40-14-13-34(31-49-40)36-15-16-47-43(51-36)50-35-29-38(57-5)41(58-6)39(30-35)63-28-27-62-26-25-61-24-23-60-22-21-59-20-17-48-44(54)64-32-33-11-9-8-10-12-33/h8-16,29-31,37,42H,7,17-28,32H2,1-6H3,(H,48,54)(H,55,56)(H,47,50,51). The molecule has 2 amide bonds. The SMILES string of the molecule is CCC1C(C(C)(C)C)N(c2ccc(-c3ccnc(Nc4cc(OC)c(OC)c(OCCOCCOCCOCCOCCNC(=O)OCc5ccccc5)c4)n3)cn2)CCN1C(=O)O. The van der Waals surface area contributed by atoms with E-state index >= 15 is 0 Å². The number of benzene rings is 2. The zero-order valence-corrected chi connectivity index (χ0v) is 37.7. The van der Waals surface area contributed by atoms with Crippen molar-refractivity contribution in [1.82, 2.24) is 25.2 Å². The van der Waals surface area contributed by atoms with E-state index in [2.05, 4.69) is 41.3 Å². The molecule has 1 aliphatic heterocycles. The normalized spacial score (nSPS) is 15.1. The highest BCUT2D eigenvalue weighted by Crippen LogP contribution is 2.41. The molecule has 1 fully saturated rings. The molecule has 0 bridgehead atoms. The lowest BCUT2D eigenvalue weighted by molar-refractivity contribution is -0.00435. The van der Waals surface area contributed by atoms with Gasteiger partial charge in [0, 0.05) is 55.4 Å². The van der Waals surface area contributed by atoms with Crippen LogP contribution in [0, 0.1) is 5.41 Å². The molecule has 0 spiro atoms. The number of rotatable bonds is 25. The Bertz CT molecular complexity index is 2020. The van der Waals surface area contributed by atoms with Gasteiger partial charge in [0.15, 0.2) is 11.5 Å². The summed E-state index contributed by atoms with van der Waals surface area (Å²) in [5.74, 6) is 2.48. The summed E-state index contributed by atoms with van der Waals surface area (Å²) < 4.78 is 44.7. The molecule has 1 aliphatic rings. The van der Waals surface area contributed by atoms with Gasteiger partial charge < -0.3 is 63.4 Å². The van der Waals surface area contributed by atoms with E-state index < -0.39 is 12.2 Å². The van der Waals surface area contributed by atoms with Crippen LogP contribution in [0.4, 0.5) is 27.0 Å². The first-order chi connectivity index (χ1) is 31.0. The first kappa shape index (κ1) is 49.1. The van der Waals surface area contributed by atoms with E-state index in [1.165, 1.54) is 0 Å². The van der Waals surface area contributed by atoms with Crippen molar-refractivity contribution in [3.8, 4) is 28.5 Å². The second-order valence-corrected chi connectivity index (χ2v) is 15.7. The van der Waals surface area contributed by atoms with Crippen LogP contribution in [0.5, 0.6) is 17.2 Å². The zero-order chi connectivity index (χ0) is 45.7. The van der Waals surface area contributed by atoms with Crippen molar-refractivity contribution in [2.75, 3.05) is 104 Å². The molecule has 0 aliphatic carbocycles. The summed E-state index contributed by atoms with van der Waals surface area (Å²) in [6.07, 6.45) is 2.79. The number of piperazine rings is 1. The Labute approximate surface area is 375 Å². The monoisotopic (exact) mass is 889 g/mol. The molecule has 348 valence electrons. The third-order valence-electron chi connectivity index (χ3n) is 10.3. The quantitative estimate of drug-likeness (QED) is 0.0597. The molecule has 18 nitrogen and oxygen atoms in total. The van der Waals surface area contributed by atoms with E-state index in [0.717, 1.165) is 16.9 Å². The van der Waals surface area contributed by atoms with Crippen molar-refractivity contribution >= 4 is 29.6 Å². The van der Waals surface area contributed by atoms with E-state index in [1.54, 1.807) is 43.6 Å². The third-order valence-corrected chi connectivity index (χ3v) is 10.3. The molecule has 4 aromatic rings. The van der Waals surface area contributed by atoms with Gasteiger partial charge in [-0.15, -0.1) is 0 Å². The molecule has 2 atom stereocenters. The predicted octanol–water partition coefficient (Wildman–Crippen LogP) is 6.66. The highest BCUT2D eigenvalue weighted by Gasteiger charge is 2.44. The number of anilines is 3. The van der Waals surface area contributed by atoms with Gasteiger partial charge >= 0.3 is 12.2 Å². The summed E-state index contributed by atoms with van der Waals surface area (Å²) in [5.41, 5.74) is 2.82. The van der Waals surface area contributed by atoms with Crippen LogP contribution < -0.4 is 29.7 Å². The first-order valence-electron chi connectivity index (χ1n) is 21.5. The van der Waals surface area contributed by atoms with Gasteiger partial charge in [-0.3, -0.25) is 0 Å². The Morgan fingerprint density at radius 3 is 2.09 bits per heavy atom. The molecule has 0 radical (unpaired) electrons. The van der Waals surface area contributed by atoms with Crippen molar-refractivity contribution in [3.05, 3.63) is 78.6 Å². The van der Waals surface area contributed by atoms with E-state index in [-0.39, 0.29) is 30.7 Å². The summed E-state index contributed by atoms with van der Waals surface area (Å²) in [6.45, 7) is 13.3. The lowest BCUT2D eigenvalue weighted by Crippen LogP contribution is -2.65. The van der Waals surface area contributed by atoms with Crippen LogP contribution in [0.1, 0.15) is 39.7 Å². The molecule has 2 aromatic heterocycles. The summed E-state index contributed by atoms with van der Waals surface area (Å²) in [4.78, 5) is 41.7. The molecule has 1 saturated heterocycles. The van der Waals surface area contributed by atoms with Crippen LogP contribution in [-0.4, -0.2) is 143 Å². The van der Waals surface area contributed by atoms with Crippen molar-refractivity contribution in [3.63, 3.8) is 0 Å². The predicted molar refractivity (Wildman–Crippen MR) is 241 cm³/mol. The van der Waals surface area contributed by atoms with Gasteiger partial charge in [-0.2, -0.15) is 0 Å². The topological polar surface area (TPSA) is 197 Å². The second kappa shape index (κ2) is 25.4. The summed E-state index contributed by atoms with van der Waals surface area (Å²) >= 11 is 0. The molecule has 2 unspecified atom stereocenters. The number of pyridine rings is 1. The van der Waals surface area contributed by atoms with Crippen molar-refractivity contribution in [2.24, 2.45) is 5.41 Å². The lowest BCUT2D eigenvalue weighted by atomic mass is 9.78. The number of nitrogens with zero attached hydrogens (tertiary/aromatic N) is 5. The zero-order valence-electron chi connectivity index (χ0n) is 37.7. The molecule has 64 heavy (non-hydrogen) atoms. The lowest BCUT2D eigenvalue weighted by Gasteiger charge is -2.52. The molecular formula is C46H63N7O11. The third kappa shape index (κ3) is 14.8. The van der Waals surface area contributed by atoms with Crippen LogP contribution in [0.25, 0.3) is 11.3 Å². The fourth-order valence-electron chi connectivity index (χ4n) is 7.38. The van der Waals surface area contributed by atoms with Gasteiger partial charge in [-0.25, -0.2) is 24.5 Å². The summed E-state index contributed by atoms with van der Waals surface area (Å²) in [5, 5.41) is 15.8. The minimum absolute atomic E-state index is 0.0539. The molecule has 2 aromatic carbocycles. The Kier molecular flexibility index (Phi) is 19.5. The number of ether oxygens (including phenoxy) is 8. The number of nitrogens with one attached hydrogen (secondary N) is 2. The molecule has 3 N–H and O–H groups in total. The van der Waals surface area contributed by atoms with Gasteiger partial charge in [-0.05, 0) is 35.6 Å². The maximum atomic E-state index is 12.1. The summed E-state index contributed by atoms with van der Waals surface area (Å²) in [6, 6.07) is 18.6. The Morgan fingerprint density at radius 2 is 1.48 bits per heavy atom. The fraction of sp³-hybridized carbons (Fsp3) is 0.500. The van der Waals surface area contributed by atoms with Gasteiger partial charge in [0.05, 0.1) is 84.9 Å². The number of alkyl carbamates (subject to hydrolysis) is 1. The highest BCUT2D eigenvalue weighted by atomic mass is 16.6. The minimum Gasteiger partial charge on any atom is -0.493 e. The van der Waals surface area contributed by atoms with Crippen LogP contribution >= 0.6 is 0 Å². The number of amides is 2. The molecule has 18 heteroatoms. The molecule has 5 rings (SSSR count). The number of aromatic nitrogens is 3. The smallest absolute Gasteiger partial charge is 0.407 e. The van der Waals surface area contributed by atoms with Crippen molar-refractivity contribution < 1.29 is 52.6 Å². The maximum absolute atomic E-state index is 12.1. The van der Waals surface area contributed by atoms with E-state index in [4.69, 9.17) is 47.9 Å². The van der Waals surface area contributed by atoms with E-state index in [9.17, 15) is 14.7 Å². The van der Waals surface area contributed by atoms with Crippen molar-refractivity contribution in [1.29, 1.82) is 0 Å². The van der Waals surface area contributed by atoms with Crippen molar-refractivity contribution in [2.45, 2.75) is 52.8 Å². The number of carbonyl (C=O) groups is 2. The van der Waals surface area contributed by atoms with E-state index in [1.807, 2.05) is 55.5 Å². The molecule has 0 saturated carbocycles. The van der Waals surface area contributed by atoms with E-state index in [0.29, 0.717) is 113 Å². The highest BCUT2D eigenvalue weighted by molar-refractivity contribution is 5.69. The largest absolute Gasteiger partial charge is 0.493 e. The number of methoxy groups -OCH3 is 2. The number of carboxylic acid groups (broad SMARTS) is 1. The first-order valence-corrected chi connectivity index (χ1v) is 21.5. The number of hydrogen-bond acceptors (Lipinski definition) is 15. The van der Waals surface area contributed by atoms with Crippen LogP contribution in [0.15, 0.2) is 73.1 Å². The average Bonchev–Trinajstić information content (AvgIpc) is 3.30. The average molecular weight is 890 g/mol. The van der Waals surface area contributed by atoms with Gasteiger partial charge in [0.25, 0.3) is 0 Å². The molecular weight excluding hydrogens is 827 g/mol. The second-order valence-electron chi connectivity index (χ2n) is 15.7. The van der Waals surface area contributed by atoms with Gasteiger partial charge in [0.1, 0.15) is 19.0 Å². The maximum Gasteiger partial charge on any atom is 0.407 e. The fourth-order valence-corrected chi connectivity index (χ4v) is 7.38. The van der Waals surface area contributed by atoms with Gasteiger partial charge in [-0.1, -0.05) is 58.0 Å². The van der Waals surface area contributed by atoms with Crippen LogP contribution in [-0.2, 0) is 30.3 Å². The van der Waals surface area contributed by atoms with Crippen LogP contribution in [0.3, 0.4) is 0 Å². The Balaban J connectivity index is 1.01. The minimum atomic E-state index is -0.888. The Hall–Kier alpha value is -5.95. The van der Waals surface area contributed by atoms with Crippen LogP contribution in [0.2, 0.25) is 0 Å². The summed E-state index contributed by atoms with van der Waals surface area (Å²) in [7, 11) is 3.09. The molecule has 3 heterocycles.